The van der Waals surface area contributed by atoms with Crippen LogP contribution < -0.4 is 5.32 Å². The Kier molecular flexibility index (Phi) is 6.05. The fraction of sp³-hybridized carbons (Fsp3) is 0.600. The Labute approximate surface area is 124 Å². The summed E-state index contributed by atoms with van der Waals surface area (Å²) in [6.45, 7) is 5.36. The molecule has 3 unspecified atom stereocenters. The summed E-state index contributed by atoms with van der Waals surface area (Å²) in [4.78, 5) is 0. The van der Waals surface area contributed by atoms with E-state index in [1.807, 2.05) is 35.7 Å². The van der Waals surface area contributed by atoms with E-state index in [0.29, 0.717) is 10.5 Å². The fourth-order valence-corrected chi connectivity index (χ4v) is 5.38. The minimum Gasteiger partial charge on any atom is -0.309 e. The number of nitrogens with one attached hydrogen (secondary N) is 1. The second-order valence-corrected chi connectivity index (χ2v) is 7.64. The Morgan fingerprint density at radius 2 is 2.05 bits per heavy atom. The lowest BCUT2D eigenvalue weighted by molar-refractivity contribution is 0.482. The highest BCUT2D eigenvalue weighted by atomic mass is 32.2. The SMILES string of the molecule is CCCNC(c1ccccc1F)C1SCCSC1C. The third-order valence-electron chi connectivity index (χ3n) is 3.42. The first-order valence-electron chi connectivity index (χ1n) is 6.95. The zero-order valence-corrected chi connectivity index (χ0v) is 13.2. The summed E-state index contributed by atoms with van der Waals surface area (Å²) in [7, 11) is 0. The van der Waals surface area contributed by atoms with Crippen LogP contribution in [0.15, 0.2) is 24.3 Å². The molecule has 4 heteroatoms. The van der Waals surface area contributed by atoms with Gasteiger partial charge in [0.05, 0.1) is 0 Å². The number of benzene rings is 1. The van der Waals surface area contributed by atoms with Crippen LogP contribution in [0.4, 0.5) is 4.39 Å². The summed E-state index contributed by atoms with van der Waals surface area (Å²) >= 11 is 3.99. The molecule has 0 bridgehead atoms. The summed E-state index contributed by atoms with van der Waals surface area (Å²) in [5.41, 5.74) is 0.822. The topological polar surface area (TPSA) is 12.0 Å². The van der Waals surface area contributed by atoms with Gasteiger partial charge in [-0.2, -0.15) is 23.5 Å². The highest BCUT2D eigenvalue weighted by molar-refractivity contribution is 8.07. The van der Waals surface area contributed by atoms with Gasteiger partial charge in [0.25, 0.3) is 0 Å². The molecule has 1 aromatic carbocycles. The van der Waals surface area contributed by atoms with Crippen molar-refractivity contribution in [2.45, 2.75) is 36.8 Å². The van der Waals surface area contributed by atoms with E-state index >= 15 is 0 Å². The monoisotopic (exact) mass is 299 g/mol. The summed E-state index contributed by atoms with van der Waals surface area (Å²) < 4.78 is 14.1. The lowest BCUT2D eigenvalue weighted by atomic mass is 10.0. The molecule has 0 radical (unpaired) electrons. The average Bonchev–Trinajstić information content (AvgIpc) is 2.42. The van der Waals surface area contributed by atoms with E-state index in [1.165, 1.54) is 11.5 Å². The molecule has 2 rings (SSSR count). The molecule has 106 valence electrons. The van der Waals surface area contributed by atoms with E-state index in [2.05, 4.69) is 19.2 Å². The van der Waals surface area contributed by atoms with Crippen molar-refractivity contribution >= 4 is 23.5 Å². The molecule has 0 spiro atoms. The summed E-state index contributed by atoms with van der Waals surface area (Å²) in [6, 6.07) is 7.32. The molecule has 0 aromatic heterocycles. The standard InChI is InChI=1S/C15H22FNS2/c1-3-8-17-14(12-6-4-5-7-13(12)16)15-11(2)18-9-10-19-15/h4-7,11,14-15,17H,3,8-10H2,1-2H3. The molecule has 1 saturated heterocycles. The van der Waals surface area contributed by atoms with Gasteiger partial charge in [0.15, 0.2) is 0 Å². The van der Waals surface area contributed by atoms with Crippen LogP contribution in [-0.2, 0) is 0 Å². The van der Waals surface area contributed by atoms with Crippen LogP contribution in [0.2, 0.25) is 0 Å². The van der Waals surface area contributed by atoms with Gasteiger partial charge in [-0.1, -0.05) is 32.0 Å². The maximum Gasteiger partial charge on any atom is 0.128 e. The van der Waals surface area contributed by atoms with Crippen LogP contribution >= 0.6 is 23.5 Å². The first kappa shape index (κ1) is 15.2. The third-order valence-corrected chi connectivity index (χ3v) is 6.61. The molecule has 1 fully saturated rings. The molecule has 19 heavy (non-hydrogen) atoms. The largest absolute Gasteiger partial charge is 0.309 e. The summed E-state index contributed by atoms with van der Waals surface area (Å²) in [6.07, 6.45) is 1.07. The van der Waals surface area contributed by atoms with E-state index in [-0.39, 0.29) is 11.9 Å². The molecule has 0 aliphatic carbocycles. The predicted molar refractivity (Wildman–Crippen MR) is 85.6 cm³/mol. The number of rotatable bonds is 5. The Balaban J connectivity index is 2.22. The van der Waals surface area contributed by atoms with Crippen molar-refractivity contribution in [1.29, 1.82) is 0 Å². The number of hydrogen-bond acceptors (Lipinski definition) is 3. The maximum atomic E-state index is 14.1. The molecule has 0 saturated carbocycles. The van der Waals surface area contributed by atoms with Gasteiger partial charge in [0.1, 0.15) is 5.82 Å². The van der Waals surface area contributed by atoms with Crippen molar-refractivity contribution in [2.75, 3.05) is 18.1 Å². The third kappa shape index (κ3) is 3.89. The van der Waals surface area contributed by atoms with Crippen LogP contribution in [0.25, 0.3) is 0 Å². The molecule has 1 N–H and O–H groups in total. The average molecular weight is 299 g/mol. The van der Waals surface area contributed by atoms with Gasteiger partial charge >= 0.3 is 0 Å². The Hall–Kier alpha value is -0.190. The van der Waals surface area contributed by atoms with Crippen LogP contribution in [0.3, 0.4) is 0 Å². The van der Waals surface area contributed by atoms with Gasteiger partial charge in [-0.25, -0.2) is 4.39 Å². The van der Waals surface area contributed by atoms with E-state index in [0.717, 1.165) is 18.5 Å². The van der Waals surface area contributed by atoms with Crippen molar-refractivity contribution < 1.29 is 4.39 Å². The zero-order valence-electron chi connectivity index (χ0n) is 11.6. The highest BCUT2D eigenvalue weighted by Gasteiger charge is 2.32. The number of hydrogen-bond donors (Lipinski definition) is 1. The van der Waals surface area contributed by atoms with Gasteiger partial charge in [-0.05, 0) is 19.0 Å². The van der Waals surface area contributed by atoms with E-state index in [9.17, 15) is 4.39 Å². The van der Waals surface area contributed by atoms with Gasteiger partial charge in [0, 0.05) is 33.6 Å². The molecule has 1 aliphatic heterocycles. The molecule has 0 amide bonds. The second-order valence-electron chi connectivity index (χ2n) is 4.86. The van der Waals surface area contributed by atoms with Crippen LogP contribution in [0.1, 0.15) is 31.9 Å². The minimum absolute atomic E-state index is 0.0838. The van der Waals surface area contributed by atoms with Crippen LogP contribution in [0.5, 0.6) is 0 Å². The van der Waals surface area contributed by atoms with Crippen molar-refractivity contribution in [3.8, 4) is 0 Å². The smallest absolute Gasteiger partial charge is 0.128 e. The maximum absolute atomic E-state index is 14.1. The first-order valence-corrected chi connectivity index (χ1v) is 9.04. The molecule has 3 atom stereocenters. The van der Waals surface area contributed by atoms with Gasteiger partial charge in [-0.3, -0.25) is 0 Å². The number of thioether (sulfide) groups is 2. The fourth-order valence-electron chi connectivity index (χ4n) is 2.45. The predicted octanol–water partition coefficient (Wildman–Crippen LogP) is 4.10. The van der Waals surface area contributed by atoms with Crippen molar-refractivity contribution in [2.24, 2.45) is 0 Å². The van der Waals surface area contributed by atoms with Gasteiger partial charge in [0.2, 0.25) is 0 Å². The minimum atomic E-state index is -0.0838. The number of halogens is 1. The molecule has 1 aromatic rings. The molecule has 1 nitrogen and oxygen atoms in total. The lowest BCUT2D eigenvalue weighted by Gasteiger charge is -2.35. The van der Waals surface area contributed by atoms with Crippen LogP contribution in [0, 0.1) is 5.82 Å². The molecular weight excluding hydrogens is 277 g/mol. The second kappa shape index (κ2) is 7.55. The van der Waals surface area contributed by atoms with Gasteiger partial charge < -0.3 is 5.32 Å². The van der Waals surface area contributed by atoms with Crippen molar-refractivity contribution in [3.05, 3.63) is 35.6 Å². The first-order chi connectivity index (χ1) is 9.24. The quantitative estimate of drug-likeness (QED) is 0.879. The summed E-state index contributed by atoms with van der Waals surface area (Å²) in [5, 5.41) is 4.56. The summed E-state index contributed by atoms with van der Waals surface area (Å²) in [5.74, 6) is 2.29. The zero-order chi connectivity index (χ0) is 13.7. The Morgan fingerprint density at radius 3 is 2.74 bits per heavy atom. The van der Waals surface area contributed by atoms with E-state index in [4.69, 9.17) is 0 Å². The highest BCUT2D eigenvalue weighted by Crippen LogP contribution is 2.39. The normalized spacial score (nSPS) is 25.2. The Morgan fingerprint density at radius 1 is 1.32 bits per heavy atom. The van der Waals surface area contributed by atoms with Crippen molar-refractivity contribution in [1.82, 2.24) is 5.32 Å². The van der Waals surface area contributed by atoms with Crippen molar-refractivity contribution in [3.63, 3.8) is 0 Å². The van der Waals surface area contributed by atoms with Crippen LogP contribution in [-0.4, -0.2) is 28.6 Å². The van der Waals surface area contributed by atoms with E-state index < -0.39 is 0 Å². The molecule has 1 aliphatic rings. The van der Waals surface area contributed by atoms with Gasteiger partial charge in [-0.15, -0.1) is 0 Å². The molecule has 1 heterocycles. The lowest BCUT2D eigenvalue weighted by Crippen LogP contribution is -2.38. The Bertz CT molecular complexity index is 399. The van der Waals surface area contributed by atoms with E-state index in [1.54, 1.807) is 12.1 Å². The molecular formula is C15H22FNS2.